The van der Waals surface area contributed by atoms with E-state index >= 15 is 0 Å². The first-order valence-electron chi connectivity index (χ1n) is 5.03. The SMILES string of the molecule is CNC(=O)N1CC[C@H](NS(=O)(=O)N(C)C)C1. The molecule has 1 rings (SSSR count). The molecule has 0 bridgehead atoms. The summed E-state index contributed by atoms with van der Waals surface area (Å²) in [6.45, 7) is 0.979. The second kappa shape index (κ2) is 4.98. The van der Waals surface area contributed by atoms with E-state index in [2.05, 4.69) is 10.0 Å². The number of nitrogens with zero attached hydrogens (tertiary/aromatic N) is 2. The van der Waals surface area contributed by atoms with Crippen molar-refractivity contribution in [2.24, 2.45) is 0 Å². The molecule has 1 saturated heterocycles. The van der Waals surface area contributed by atoms with Crippen LogP contribution < -0.4 is 10.0 Å². The molecule has 0 aliphatic carbocycles. The molecular weight excluding hydrogens is 232 g/mol. The summed E-state index contributed by atoms with van der Waals surface area (Å²) in [6.07, 6.45) is 0.639. The number of amides is 2. The number of urea groups is 1. The smallest absolute Gasteiger partial charge is 0.317 e. The minimum atomic E-state index is -3.41. The van der Waals surface area contributed by atoms with Crippen molar-refractivity contribution in [2.75, 3.05) is 34.2 Å². The second-order valence-electron chi connectivity index (χ2n) is 3.89. The van der Waals surface area contributed by atoms with Gasteiger partial charge in [-0.3, -0.25) is 0 Å². The van der Waals surface area contributed by atoms with Crippen LogP contribution in [0, 0.1) is 0 Å². The number of rotatable bonds is 3. The molecule has 0 aromatic carbocycles. The van der Waals surface area contributed by atoms with Gasteiger partial charge < -0.3 is 10.2 Å². The normalized spacial score (nSPS) is 21.5. The summed E-state index contributed by atoms with van der Waals surface area (Å²) in [5, 5.41) is 2.51. The lowest BCUT2D eigenvalue weighted by atomic mass is 10.3. The molecule has 1 aliphatic rings. The van der Waals surface area contributed by atoms with Crippen LogP contribution in [0.2, 0.25) is 0 Å². The number of carbonyl (C=O) groups is 1. The molecule has 0 aromatic heterocycles. The van der Waals surface area contributed by atoms with E-state index in [9.17, 15) is 13.2 Å². The molecule has 7 nitrogen and oxygen atoms in total. The Balaban J connectivity index is 2.52. The molecule has 8 heteroatoms. The summed E-state index contributed by atoms with van der Waals surface area (Å²) in [7, 11) is 1.07. The highest BCUT2D eigenvalue weighted by Gasteiger charge is 2.29. The monoisotopic (exact) mass is 250 g/mol. The average molecular weight is 250 g/mol. The minimum Gasteiger partial charge on any atom is -0.341 e. The third-order valence-electron chi connectivity index (χ3n) is 2.49. The third-order valence-corrected chi connectivity index (χ3v) is 4.08. The van der Waals surface area contributed by atoms with E-state index in [-0.39, 0.29) is 12.1 Å². The number of hydrogen-bond donors (Lipinski definition) is 2. The lowest BCUT2D eigenvalue weighted by Crippen LogP contribution is -2.44. The van der Waals surface area contributed by atoms with Crippen LogP contribution in [0.15, 0.2) is 0 Å². The van der Waals surface area contributed by atoms with E-state index in [0.29, 0.717) is 19.5 Å². The highest BCUT2D eigenvalue weighted by atomic mass is 32.2. The van der Waals surface area contributed by atoms with Crippen LogP contribution in [0.4, 0.5) is 4.79 Å². The zero-order valence-electron chi connectivity index (χ0n) is 9.73. The predicted octanol–water partition coefficient (Wildman–Crippen LogP) is -1.20. The molecule has 0 radical (unpaired) electrons. The van der Waals surface area contributed by atoms with Crippen LogP contribution in [0.25, 0.3) is 0 Å². The van der Waals surface area contributed by atoms with Crippen molar-refractivity contribution in [3.8, 4) is 0 Å². The molecule has 1 fully saturated rings. The Hall–Kier alpha value is -0.860. The van der Waals surface area contributed by atoms with E-state index < -0.39 is 10.2 Å². The van der Waals surface area contributed by atoms with Gasteiger partial charge >= 0.3 is 6.03 Å². The fraction of sp³-hybridized carbons (Fsp3) is 0.875. The van der Waals surface area contributed by atoms with Gasteiger partial charge in [0, 0.05) is 40.3 Å². The number of likely N-dealkylation sites (tertiary alicyclic amines) is 1. The van der Waals surface area contributed by atoms with Crippen molar-refractivity contribution < 1.29 is 13.2 Å². The van der Waals surface area contributed by atoms with Gasteiger partial charge in [-0.2, -0.15) is 17.4 Å². The second-order valence-corrected chi connectivity index (χ2v) is 5.81. The fourth-order valence-corrected chi connectivity index (χ4v) is 2.34. The number of nitrogens with one attached hydrogen (secondary N) is 2. The van der Waals surface area contributed by atoms with Gasteiger partial charge in [-0.05, 0) is 6.42 Å². The van der Waals surface area contributed by atoms with E-state index in [1.54, 1.807) is 11.9 Å². The maximum Gasteiger partial charge on any atom is 0.317 e. The first-order chi connectivity index (χ1) is 7.36. The average Bonchev–Trinajstić information content (AvgIpc) is 2.64. The van der Waals surface area contributed by atoms with Crippen LogP contribution in [0.1, 0.15) is 6.42 Å². The Morgan fingerprint density at radius 1 is 1.44 bits per heavy atom. The molecule has 16 heavy (non-hydrogen) atoms. The molecule has 0 saturated carbocycles. The standard InChI is InChI=1S/C8H18N4O3S/c1-9-8(13)12-5-4-7(6-12)10-16(14,15)11(2)3/h7,10H,4-6H2,1-3H3,(H,9,13)/t7-/m0/s1. The van der Waals surface area contributed by atoms with Crippen molar-refractivity contribution in [3.63, 3.8) is 0 Å². The van der Waals surface area contributed by atoms with Crippen LogP contribution in [0.5, 0.6) is 0 Å². The molecule has 94 valence electrons. The Morgan fingerprint density at radius 2 is 2.06 bits per heavy atom. The van der Waals surface area contributed by atoms with Gasteiger partial charge in [0.2, 0.25) is 0 Å². The van der Waals surface area contributed by atoms with E-state index in [0.717, 1.165) is 4.31 Å². The summed E-state index contributed by atoms with van der Waals surface area (Å²) in [5.74, 6) is 0. The Kier molecular flexibility index (Phi) is 4.11. The van der Waals surface area contributed by atoms with Crippen molar-refractivity contribution in [3.05, 3.63) is 0 Å². The Morgan fingerprint density at radius 3 is 2.56 bits per heavy atom. The lowest BCUT2D eigenvalue weighted by Gasteiger charge is -2.18. The van der Waals surface area contributed by atoms with E-state index in [1.807, 2.05) is 0 Å². The summed E-state index contributed by atoms with van der Waals surface area (Å²) < 4.78 is 26.7. The first-order valence-corrected chi connectivity index (χ1v) is 6.47. The van der Waals surface area contributed by atoms with Gasteiger partial charge in [-0.15, -0.1) is 0 Å². The van der Waals surface area contributed by atoms with Gasteiger partial charge in [-0.25, -0.2) is 4.79 Å². The van der Waals surface area contributed by atoms with Crippen LogP contribution in [0.3, 0.4) is 0 Å². The van der Waals surface area contributed by atoms with Crippen molar-refractivity contribution >= 4 is 16.2 Å². The van der Waals surface area contributed by atoms with Gasteiger partial charge in [0.15, 0.2) is 0 Å². The highest BCUT2D eigenvalue weighted by Crippen LogP contribution is 2.10. The van der Waals surface area contributed by atoms with Crippen LogP contribution in [-0.2, 0) is 10.2 Å². The number of carbonyl (C=O) groups excluding carboxylic acids is 1. The van der Waals surface area contributed by atoms with Gasteiger partial charge in [0.1, 0.15) is 0 Å². The summed E-state index contributed by atoms with van der Waals surface area (Å²) in [4.78, 5) is 12.9. The zero-order chi connectivity index (χ0) is 12.3. The van der Waals surface area contributed by atoms with E-state index in [1.165, 1.54) is 14.1 Å². The Bertz CT molecular complexity index is 354. The third kappa shape index (κ3) is 3.06. The van der Waals surface area contributed by atoms with Crippen LogP contribution >= 0.6 is 0 Å². The lowest BCUT2D eigenvalue weighted by molar-refractivity contribution is 0.210. The van der Waals surface area contributed by atoms with Crippen LogP contribution in [-0.4, -0.2) is 63.9 Å². The van der Waals surface area contributed by atoms with E-state index in [4.69, 9.17) is 0 Å². The largest absolute Gasteiger partial charge is 0.341 e. The first kappa shape index (κ1) is 13.2. The molecule has 2 amide bonds. The van der Waals surface area contributed by atoms with Gasteiger partial charge in [0.25, 0.3) is 10.2 Å². The predicted molar refractivity (Wildman–Crippen MR) is 60.2 cm³/mol. The highest BCUT2D eigenvalue weighted by molar-refractivity contribution is 7.87. The number of hydrogen-bond acceptors (Lipinski definition) is 3. The quantitative estimate of drug-likeness (QED) is 0.660. The van der Waals surface area contributed by atoms with Crippen molar-refractivity contribution in [1.82, 2.24) is 19.2 Å². The zero-order valence-corrected chi connectivity index (χ0v) is 10.5. The summed E-state index contributed by atoms with van der Waals surface area (Å²) in [5.41, 5.74) is 0. The molecule has 1 atom stereocenters. The fourth-order valence-electron chi connectivity index (χ4n) is 1.52. The maximum atomic E-state index is 11.5. The molecule has 0 aromatic rings. The van der Waals surface area contributed by atoms with Gasteiger partial charge in [0.05, 0.1) is 0 Å². The molecule has 1 aliphatic heterocycles. The molecular formula is C8H18N4O3S. The molecule has 1 heterocycles. The summed E-state index contributed by atoms with van der Waals surface area (Å²) >= 11 is 0. The summed E-state index contributed by atoms with van der Waals surface area (Å²) in [6, 6.07) is -0.378. The Labute approximate surface area is 96.0 Å². The van der Waals surface area contributed by atoms with Crippen molar-refractivity contribution in [1.29, 1.82) is 0 Å². The minimum absolute atomic E-state index is 0.174. The molecule has 0 spiro atoms. The topological polar surface area (TPSA) is 81.8 Å². The molecule has 2 N–H and O–H groups in total. The molecule has 0 unspecified atom stereocenters. The van der Waals surface area contributed by atoms with Crippen molar-refractivity contribution in [2.45, 2.75) is 12.5 Å². The maximum absolute atomic E-state index is 11.5. The van der Waals surface area contributed by atoms with Gasteiger partial charge in [-0.1, -0.05) is 0 Å².